The van der Waals surface area contributed by atoms with Crippen LogP contribution in [0.5, 0.6) is 0 Å². The SMILES string of the molecule is CCCC[C@@]1(CC)CN(c2ccccc2)c2cc(SC)c(COCC(=O)O)cc2S(=O)(=O)C1. The molecule has 0 radical (unpaired) electrons. The highest BCUT2D eigenvalue weighted by Gasteiger charge is 2.41. The fourth-order valence-corrected chi connectivity index (χ4v) is 7.30. The number of nitrogens with zero attached hydrogens (tertiary/aromatic N) is 1. The molecule has 1 aliphatic heterocycles. The zero-order valence-electron chi connectivity index (χ0n) is 19.5. The molecule has 1 aliphatic rings. The van der Waals surface area contributed by atoms with Crippen molar-refractivity contribution in [1.29, 1.82) is 0 Å². The van der Waals surface area contributed by atoms with E-state index in [1.807, 2.05) is 42.7 Å². The maximum atomic E-state index is 13.8. The minimum absolute atomic E-state index is 0.0470. The maximum Gasteiger partial charge on any atom is 0.329 e. The number of thioether (sulfide) groups is 1. The molecular formula is C25H33NO5S2. The van der Waals surface area contributed by atoms with Crippen LogP contribution < -0.4 is 4.90 Å². The number of fused-ring (bicyclic) bond motifs is 1. The molecular weight excluding hydrogens is 458 g/mol. The van der Waals surface area contributed by atoms with Gasteiger partial charge >= 0.3 is 5.97 Å². The van der Waals surface area contributed by atoms with Crippen LogP contribution in [-0.4, -0.2) is 44.7 Å². The third-order valence-electron chi connectivity index (χ3n) is 6.34. The van der Waals surface area contributed by atoms with Gasteiger partial charge in [-0.05, 0) is 48.9 Å². The Balaban J connectivity index is 2.18. The second-order valence-electron chi connectivity index (χ2n) is 8.66. The van der Waals surface area contributed by atoms with Gasteiger partial charge in [0.2, 0.25) is 0 Å². The summed E-state index contributed by atoms with van der Waals surface area (Å²) >= 11 is 1.50. The number of carbonyl (C=O) groups is 1. The first-order valence-corrected chi connectivity index (χ1v) is 14.2. The average Bonchev–Trinajstić information content (AvgIpc) is 2.90. The van der Waals surface area contributed by atoms with Crippen molar-refractivity contribution in [2.24, 2.45) is 5.41 Å². The van der Waals surface area contributed by atoms with Crippen LogP contribution in [0, 0.1) is 5.41 Å². The van der Waals surface area contributed by atoms with Crippen LogP contribution in [0.3, 0.4) is 0 Å². The summed E-state index contributed by atoms with van der Waals surface area (Å²) in [5.41, 5.74) is 1.98. The number of hydrogen-bond acceptors (Lipinski definition) is 6. The van der Waals surface area contributed by atoms with Crippen LogP contribution in [0.15, 0.2) is 52.3 Å². The van der Waals surface area contributed by atoms with E-state index in [1.165, 1.54) is 11.8 Å². The third kappa shape index (κ3) is 5.91. The van der Waals surface area contributed by atoms with Gasteiger partial charge in [0.15, 0.2) is 9.84 Å². The Labute approximate surface area is 201 Å². The molecule has 33 heavy (non-hydrogen) atoms. The van der Waals surface area contributed by atoms with Gasteiger partial charge in [0.25, 0.3) is 0 Å². The molecule has 0 fully saturated rings. The van der Waals surface area contributed by atoms with Gasteiger partial charge in [0, 0.05) is 22.5 Å². The predicted octanol–water partition coefficient (Wildman–Crippen LogP) is 5.52. The number of unbranched alkanes of at least 4 members (excludes halogenated alkanes) is 1. The molecule has 8 heteroatoms. The van der Waals surface area contributed by atoms with Gasteiger partial charge in [0.05, 0.1) is 22.9 Å². The van der Waals surface area contributed by atoms with Gasteiger partial charge in [0.1, 0.15) is 6.61 Å². The molecule has 1 N–H and O–H groups in total. The van der Waals surface area contributed by atoms with Crippen molar-refractivity contribution >= 4 is 38.9 Å². The molecule has 6 nitrogen and oxygen atoms in total. The molecule has 180 valence electrons. The highest BCUT2D eigenvalue weighted by atomic mass is 32.2. The van der Waals surface area contributed by atoms with Crippen LogP contribution in [-0.2, 0) is 26.0 Å². The largest absolute Gasteiger partial charge is 0.480 e. The first kappa shape index (κ1) is 25.6. The Kier molecular flexibility index (Phi) is 8.48. The standard InChI is InChI=1S/C25H33NO5S2/c1-4-6-12-25(5-2)17-26(20-10-8-7-9-11-20)21-14-22(32-3)19(15-31-16-24(27)28)13-23(21)33(29,30)18-25/h7-11,13-14H,4-6,12,15-18H2,1-3H3,(H,27,28)/t25-/m0/s1. The van der Waals surface area contributed by atoms with E-state index in [0.717, 1.165) is 36.3 Å². The first-order valence-electron chi connectivity index (χ1n) is 11.3. The molecule has 0 bridgehead atoms. The summed E-state index contributed by atoms with van der Waals surface area (Å²) in [5.74, 6) is -0.956. The second-order valence-corrected chi connectivity index (χ2v) is 11.5. The Morgan fingerprint density at radius 2 is 1.94 bits per heavy atom. The number of carboxylic acid groups (broad SMARTS) is 1. The maximum absolute atomic E-state index is 13.8. The second kappa shape index (κ2) is 10.9. The van der Waals surface area contributed by atoms with Crippen molar-refractivity contribution in [3.05, 3.63) is 48.0 Å². The average molecular weight is 492 g/mol. The van der Waals surface area contributed by atoms with E-state index in [4.69, 9.17) is 9.84 Å². The summed E-state index contributed by atoms with van der Waals surface area (Å²) in [6, 6.07) is 13.6. The topological polar surface area (TPSA) is 83.9 Å². The number of para-hydroxylation sites is 1. The van der Waals surface area contributed by atoms with Crippen LogP contribution in [0.1, 0.15) is 45.1 Å². The molecule has 0 aliphatic carbocycles. The number of rotatable bonds is 10. The minimum atomic E-state index is -3.58. The van der Waals surface area contributed by atoms with Crippen molar-refractivity contribution in [2.75, 3.05) is 30.1 Å². The van der Waals surface area contributed by atoms with Gasteiger partial charge in [-0.15, -0.1) is 11.8 Å². The summed E-state index contributed by atoms with van der Waals surface area (Å²) in [6.07, 6.45) is 5.54. The lowest BCUT2D eigenvalue weighted by Gasteiger charge is -2.36. The van der Waals surface area contributed by atoms with E-state index in [2.05, 4.69) is 18.7 Å². The fourth-order valence-electron chi connectivity index (χ4n) is 4.48. The van der Waals surface area contributed by atoms with Gasteiger partial charge in [-0.1, -0.05) is 44.9 Å². The van der Waals surface area contributed by atoms with E-state index >= 15 is 0 Å². The molecule has 1 atom stereocenters. The molecule has 2 aromatic carbocycles. The minimum Gasteiger partial charge on any atom is -0.480 e. The summed E-state index contributed by atoms with van der Waals surface area (Å²) in [6.45, 7) is 4.47. The summed E-state index contributed by atoms with van der Waals surface area (Å²) in [5, 5.41) is 8.91. The Morgan fingerprint density at radius 1 is 1.21 bits per heavy atom. The number of benzene rings is 2. The van der Waals surface area contributed by atoms with Crippen molar-refractivity contribution in [3.8, 4) is 0 Å². The number of anilines is 2. The monoisotopic (exact) mass is 491 g/mol. The summed E-state index contributed by atoms with van der Waals surface area (Å²) in [7, 11) is -3.58. The quantitative estimate of drug-likeness (QED) is 0.438. The van der Waals surface area contributed by atoms with Crippen molar-refractivity contribution < 1.29 is 23.1 Å². The Bertz CT molecular complexity index is 1070. The lowest BCUT2D eigenvalue weighted by atomic mass is 9.81. The molecule has 0 saturated carbocycles. The molecule has 0 saturated heterocycles. The van der Waals surface area contributed by atoms with Crippen LogP contribution in [0.25, 0.3) is 0 Å². The summed E-state index contributed by atoms with van der Waals surface area (Å²) < 4.78 is 32.9. The van der Waals surface area contributed by atoms with Crippen molar-refractivity contribution in [3.63, 3.8) is 0 Å². The molecule has 1 heterocycles. The van der Waals surface area contributed by atoms with Gasteiger partial charge < -0.3 is 14.7 Å². The van der Waals surface area contributed by atoms with E-state index in [0.29, 0.717) is 22.7 Å². The van der Waals surface area contributed by atoms with E-state index in [-0.39, 0.29) is 17.8 Å². The van der Waals surface area contributed by atoms with E-state index < -0.39 is 22.4 Å². The lowest BCUT2D eigenvalue weighted by molar-refractivity contribution is -0.142. The fraction of sp³-hybridized carbons (Fsp3) is 0.480. The molecule has 0 unspecified atom stereocenters. The smallest absolute Gasteiger partial charge is 0.329 e. The lowest BCUT2D eigenvalue weighted by Crippen LogP contribution is -2.37. The van der Waals surface area contributed by atoms with Crippen LogP contribution in [0.2, 0.25) is 0 Å². The predicted molar refractivity (Wildman–Crippen MR) is 133 cm³/mol. The van der Waals surface area contributed by atoms with Gasteiger partial charge in [-0.3, -0.25) is 0 Å². The van der Waals surface area contributed by atoms with Gasteiger partial charge in [-0.2, -0.15) is 0 Å². The van der Waals surface area contributed by atoms with Crippen molar-refractivity contribution in [1.82, 2.24) is 0 Å². The number of ether oxygens (including phenoxy) is 1. The molecule has 0 aromatic heterocycles. The Morgan fingerprint density at radius 3 is 2.55 bits per heavy atom. The zero-order chi connectivity index (χ0) is 24.1. The van der Waals surface area contributed by atoms with Crippen molar-refractivity contribution in [2.45, 2.75) is 55.9 Å². The molecule has 0 spiro atoms. The third-order valence-corrected chi connectivity index (χ3v) is 9.15. The molecule has 0 amide bonds. The highest BCUT2D eigenvalue weighted by Crippen LogP contribution is 2.45. The number of carboxylic acids is 1. The van der Waals surface area contributed by atoms with Crippen LogP contribution >= 0.6 is 11.8 Å². The number of hydrogen-bond donors (Lipinski definition) is 1. The highest BCUT2D eigenvalue weighted by molar-refractivity contribution is 7.98. The first-order chi connectivity index (χ1) is 15.7. The summed E-state index contributed by atoms with van der Waals surface area (Å²) in [4.78, 5) is 14.2. The van der Waals surface area contributed by atoms with Gasteiger partial charge in [-0.25, -0.2) is 13.2 Å². The normalized spacial score (nSPS) is 19.7. The van der Waals surface area contributed by atoms with Crippen LogP contribution in [0.4, 0.5) is 11.4 Å². The van der Waals surface area contributed by atoms with E-state index in [9.17, 15) is 13.2 Å². The van der Waals surface area contributed by atoms with E-state index in [1.54, 1.807) is 6.07 Å². The number of sulfone groups is 1. The molecule has 3 rings (SSSR count). The zero-order valence-corrected chi connectivity index (χ0v) is 21.2. The number of aliphatic carboxylic acids is 1. The Hall–Kier alpha value is -2.03. The molecule has 2 aromatic rings.